The molecule has 116 valence electrons. The van der Waals surface area contributed by atoms with Gasteiger partial charge in [0, 0.05) is 31.7 Å². The summed E-state index contributed by atoms with van der Waals surface area (Å²) in [5, 5.41) is 0. The fourth-order valence-corrected chi connectivity index (χ4v) is 3.09. The Morgan fingerprint density at radius 3 is 2.90 bits per heavy atom. The molecule has 7 heteroatoms. The van der Waals surface area contributed by atoms with Crippen molar-refractivity contribution in [3.8, 4) is 0 Å². The van der Waals surface area contributed by atoms with Crippen molar-refractivity contribution >= 4 is 44.7 Å². The van der Waals surface area contributed by atoms with Gasteiger partial charge in [-0.2, -0.15) is 11.8 Å². The van der Waals surface area contributed by atoms with E-state index in [9.17, 15) is 4.79 Å². The maximum Gasteiger partial charge on any atom is 0.230 e. The van der Waals surface area contributed by atoms with Crippen molar-refractivity contribution in [3.05, 3.63) is 27.0 Å². The third kappa shape index (κ3) is 4.05. The molecule has 0 saturated heterocycles. The summed E-state index contributed by atoms with van der Waals surface area (Å²) in [6, 6.07) is 1.49. The Hall–Kier alpha value is -0.920. The Morgan fingerprint density at radius 1 is 1.38 bits per heavy atom. The van der Waals surface area contributed by atoms with Crippen LogP contribution in [-0.4, -0.2) is 38.3 Å². The zero-order chi connectivity index (χ0) is 15.2. The van der Waals surface area contributed by atoms with Gasteiger partial charge in [-0.3, -0.25) is 4.79 Å². The number of hydrogen-bond acceptors (Lipinski definition) is 6. The summed E-state index contributed by atoms with van der Waals surface area (Å²) < 4.78 is 16.7. The molecule has 2 aromatic heterocycles. The van der Waals surface area contributed by atoms with Gasteiger partial charge in [0.15, 0.2) is 11.5 Å². The second-order valence-electron chi connectivity index (χ2n) is 4.38. The predicted molar refractivity (Wildman–Crippen MR) is 89.5 cm³/mol. The van der Waals surface area contributed by atoms with Crippen molar-refractivity contribution in [1.29, 1.82) is 0 Å². The summed E-state index contributed by atoms with van der Waals surface area (Å²) in [4.78, 5) is 14.1. The molecule has 0 aromatic carbocycles. The van der Waals surface area contributed by atoms with Gasteiger partial charge in [-0.1, -0.05) is 0 Å². The highest BCUT2D eigenvalue weighted by atomic mass is 79.9. The molecule has 0 aliphatic carbocycles. The molecule has 0 atom stereocenters. The maximum atomic E-state index is 12.0. The number of halogens is 1. The normalized spacial score (nSPS) is 11.2. The molecule has 0 aliphatic rings. The Kier molecular flexibility index (Phi) is 6.20. The minimum Gasteiger partial charge on any atom is -0.456 e. The molecule has 2 heterocycles. The molecular formula is C14H18BrNO4S. The molecule has 2 aromatic rings. The van der Waals surface area contributed by atoms with Crippen molar-refractivity contribution < 1.29 is 13.6 Å². The van der Waals surface area contributed by atoms with Crippen LogP contribution in [0, 0.1) is 0 Å². The van der Waals surface area contributed by atoms with E-state index < -0.39 is 0 Å². The van der Waals surface area contributed by atoms with E-state index in [0.29, 0.717) is 15.9 Å². The molecular weight excluding hydrogens is 358 g/mol. The predicted octanol–water partition coefficient (Wildman–Crippen LogP) is 3.35. The number of furan rings is 1. The number of nitrogens with zero attached hydrogens (tertiary/aromatic N) is 1. The second-order valence-corrected chi connectivity index (χ2v) is 6.45. The zero-order valence-electron chi connectivity index (χ0n) is 12.1. The highest BCUT2D eigenvalue weighted by Crippen LogP contribution is 2.27. The second kappa shape index (κ2) is 7.91. The lowest BCUT2D eigenvalue weighted by atomic mass is 10.4. The van der Waals surface area contributed by atoms with Crippen LogP contribution in [0.3, 0.4) is 0 Å². The minimum absolute atomic E-state index is 0.164. The molecule has 21 heavy (non-hydrogen) atoms. The van der Waals surface area contributed by atoms with Crippen LogP contribution in [0.2, 0.25) is 0 Å². The first-order valence-electron chi connectivity index (χ1n) is 6.69. The number of thioether (sulfide) groups is 1. The van der Waals surface area contributed by atoms with Gasteiger partial charge in [0.25, 0.3) is 0 Å². The maximum absolute atomic E-state index is 12.0. The molecule has 0 aliphatic heterocycles. The van der Waals surface area contributed by atoms with E-state index in [1.807, 2.05) is 23.6 Å². The third-order valence-electron chi connectivity index (χ3n) is 3.02. The van der Waals surface area contributed by atoms with Crippen LogP contribution < -0.4 is 10.3 Å². The molecule has 2 rings (SSSR count). The van der Waals surface area contributed by atoms with E-state index in [0.717, 1.165) is 31.2 Å². The Bertz CT molecular complexity index is 639. The van der Waals surface area contributed by atoms with E-state index >= 15 is 0 Å². The average Bonchev–Trinajstić information content (AvgIpc) is 2.85. The number of ether oxygens (including phenoxy) is 1. The summed E-state index contributed by atoms with van der Waals surface area (Å²) in [5.41, 5.74) is 0.543. The van der Waals surface area contributed by atoms with Crippen molar-refractivity contribution in [1.82, 2.24) is 0 Å². The van der Waals surface area contributed by atoms with Gasteiger partial charge in [0.05, 0.1) is 17.1 Å². The van der Waals surface area contributed by atoms with E-state index in [2.05, 4.69) is 15.9 Å². The summed E-state index contributed by atoms with van der Waals surface area (Å²) >= 11 is 5.14. The fourth-order valence-electron chi connectivity index (χ4n) is 1.90. The molecule has 0 radical (unpaired) electrons. The van der Waals surface area contributed by atoms with E-state index in [4.69, 9.17) is 13.6 Å². The van der Waals surface area contributed by atoms with Crippen LogP contribution in [0.1, 0.15) is 6.92 Å². The summed E-state index contributed by atoms with van der Waals surface area (Å²) in [6.07, 6.45) is 1.47. The molecule has 0 amide bonds. The van der Waals surface area contributed by atoms with Gasteiger partial charge in [-0.05, 0) is 22.9 Å². The van der Waals surface area contributed by atoms with Gasteiger partial charge < -0.3 is 18.5 Å². The van der Waals surface area contributed by atoms with Crippen LogP contribution >= 0.6 is 27.7 Å². The third-order valence-corrected chi connectivity index (χ3v) is 4.49. The number of methoxy groups -OCH3 is 1. The van der Waals surface area contributed by atoms with Gasteiger partial charge in [0.2, 0.25) is 11.0 Å². The van der Waals surface area contributed by atoms with E-state index in [1.165, 1.54) is 12.3 Å². The van der Waals surface area contributed by atoms with Gasteiger partial charge in [-0.15, -0.1) is 0 Å². The number of hydrogen-bond donors (Lipinski definition) is 0. The quantitative estimate of drug-likeness (QED) is 0.659. The van der Waals surface area contributed by atoms with Gasteiger partial charge >= 0.3 is 0 Å². The first-order chi connectivity index (χ1) is 10.2. The van der Waals surface area contributed by atoms with Crippen molar-refractivity contribution in [2.75, 3.05) is 43.2 Å². The van der Waals surface area contributed by atoms with E-state index in [-0.39, 0.29) is 11.0 Å². The Morgan fingerprint density at radius 2 is 2.19 bits per heavy atom. The van der Waals surface area contributed by atoms with Gasteiger partial charge in [-0.25, -0.2) is 0 Å². The van der Waals surface area contributed by atoms with Crippen molar-refractivity contribution in [3.63, 3.8) is 0 Å². The first kappa shape index (κ1) is 16.5. The number of fused-ring (bicyclic) bond motifs is 1. The van der Waals surface area contributed by atoms with Crippen LogP contribution in [0.25, 0.3) is 11.2 Å². The molecule has 0 bridgehead atoms. The zero-order valence-corrected chi connectivity index (χ0v) is 14.5. The topological polar surface area (TPSA) is 55.8 Å². The van der Waals surface area contributed by atoms with Crippen molar-refractivity contribution in [2.24, 2.45) is 0 Å². The lowest BCUT2D eigenvalue weighted by molar-refractivity contribution is 0.218. The SMILES string of the molecule is CCN(CCSCCOC)c1cc(=O)c2occ(Br)c2o1. The molecule has 0 fully saturated rings. The highest BCUT2D eigenvalue weighted by molar-refractivity contribution is 9.10. The summed E-state index contributed by atoms with van der Waals surface area (Å²) in [5.74, 6) is 2.49. The van der Waals surface area contributed by atoms with Crippen LogP contribution in [-0.2, 0) is 4.74 Å². The molecule has 0 spiro atoms. The lowest BCUT2D eigenvalue weighted by Crippen LogP contribution is -2.26. The summed E-state index contributed by atoms with van der Waals surface area (Å²) in [6.45, 7) is 4.37. The lowest BCUT2D eigenvalue weighted by Gasteiger charge is -2.20. The minimum atomic E-state index is -0.164. The fraction of sp³-hybridized carbons (Fsp3) is 0.500. The largest absolute Gasteiger partial charge is 0.456 e. The smallest absolute Gasteiger partial charge is 0.230 e. The molecule has 0 saturated carbocycles. The Balaban J connectivity index is 2.10. The highest BCUT2D eigenvalue weighted by Gasteiger charge is 2.15. The van der Waals surface area contributed by atoms with Crippen LogP contribution in [0.5, 0.6) is 0 Å². The average molecular weight is 376 g/mol. The molecule has 0 unspecified atom stereocenters. The van der Waals surface area contributed by atoms with Crippen molar-refractivity contribution in [2.45, 2.75) is 6.92 Å². The number of anilines is 1. The molecule has 5 nitrogen and oxygen atoms in total. The van der Waals surface area contributed by atoms with Gasteiger partial charge in [0.1, 0.15) is 6.26 Å². The first-order valence-corrected chi connectivity index (χ1v) is 8.64. The van der Waals surface area contributed by atoms with Crippen LogP contribution in [0.4, 0.5) is 5.88 Å². The van der Waals surface area contributed by atoms with E-state index in [1.54, 1.807) is 7.11 Å². The standard InChI is InChI=1S/C14H18BrNO4S/c1-3-16(4-6-21-7-5-18-2)12-8-11(17)14-13(20-12)10(15)9-19-14/h8-9H,3-7H2,1-2H3. The van der Waals surface area contributed by atoms with Crippen LogP contribution in [0.15, 0.2) is 30.4 Å². The monoisotopic (exact) mass is 375 g/mol. The number of rotatable bonds is 8. The Labute approximate surface area is 135 Å². The summed E-state index contributed by atoms with van der Waals surface area (Å²) in [7, 11) is 1.70. The molecule has 0 N–H and O–H groups in total.